The molecule has 1 aromatic rings. The summed E-state index contributed by atoms with van der Waals surface area (Å²) >= 11 is 0. The standard InChI is InChI=1S/C17H26N2O2/c1-14(20)19(16-9-11-18(2)12-10-16)13-8-15-4-6-17(21-3)7-5-15/h4-7,16H,8-13H2,1-3H3. The predicted molar refractivity (Wildman–Crippen MR) is 84.6 cm³/mol. The van der Waals surface area contributed by atoms with Gasteiger partial charge in [0, 0.05) is 19.5 Å². The average molecular weight is 290 g/mol. The summed E-state index contributed by atoms with van der Waals surface area (Å²) in [6, 6.07) is 8.50. The van der Waals surface area contributed by atoms with Crippen LogP contribution >= 0.6 is 0 Å². The molecule has 1 aliphatic rings. The highest BCUT2D eigenvalue weighted by molar-refractivity contribution is 5.73. The zero-order valence-electron chi connectivity index (χ0n) is 13.3. The first-order valence-electron chi connectivity index (χ1n) is 7.69. The summed E-state index contributed by atoms with van der Waals surface area (Å²) in [5.74, 6) is 1.07. The zero-order chi connectivity index (χ0) is 15.2. The number of hydrogen-bond donors (Lipinski definition) is 0. The molecule has 2 rings (SSSR count). The third-order valence-electron chi connectivity index (χ3n) is 4.33. The van der Waals surface area contributed by atoms with Gasteiger partial charge < -0.3 is 14.5 Å². The molecule has 4 heteroatoms. The smallest absolute Gasteiger partial charge is 0.219 e. The fraction of sp³-hybridized carbons (Fsp3) is 0.588. The lowest BCUT2D eigenvalue weighted by atomic mass is 10.0. The van der Waals surface area contributed by atoms with E-state index in [0.717, 1.165) is 44.6 Å². The number of ether oxygens (including phenoxy) is 1. The lowest BCUT2D eigenvalue weighted by Gasteiger charge is -2.37. The van der Waals surface area contributed by atoms with Crippen LogP contribution in [-0.4, -0.2) is 55.5 Å². The molecule has 0 spiro atoms. The van der Waals surface area contributed by atoms with Crippen LogP contribution in [0.3, 0.4) is 0 Å². The third kappa shape index (κ3) is 4.46. The molecule has 0 unspecified atom stereocenters. The summed E-state index contributed by atoms with van der Waals surface area (Å²) < 4.78 is 5.17. The molecule has 1 saturated heterocycles. The summed E-state index contributed by atoms with van der Waals surface area (Å²) in [5, 5.41) is 0. The Kier molecular flexibility index (Phi) is 5.62. The van der Waals surface area contributed by atoms with E-state index in [9.17, 15) is 4.79 Å². The van der Waals surface area contributed by atoms with Crippen molar-refractivity contribution in [1.82, 2.24) is 9.80 Å². The molecule has 21 heavy (non-hydrogen) atoms. The number of carbonyl (C=O) groups excluding carboxylic acids is 1. The average Bonchev–Trinajstić information content (AvgIpc) is 2.49. The molecule has 0 aromatic heterocycles. The molecule has 1 aromatic carbocycles. The lowest BCUT2D eigenvalue weighted by molar-refractivity contribution is -0.132. The Morgan fingerprint density at radius 2 is 1.90 bits per heavy atom. The molecule has 0 saturated carbocycles. The van der Waals surface area contributed by atoms with E-state index < -0.39 is 0 Å². The van der Waals surface area contributed by atoms with Gasteiger partial charge in [0.05, 0.1) is 7.11 Å². The van der Waals surface area contributed by atoms with Gasteiger partial charge in [-0.2, -0.15) is 0 Å². The molecular formula is C17H26N2O2. The Balaban J connectivity index is 1.91. The van der Waals surface area contributed by atoms with E-state index in [1.165, 1.54) is 5.56 Å². The number of methoxy groups -OCH3 is 1. The van der Waals surface area contributed by atoms with Crippen molar-refractivity contribution in [3.8, 4) is 5.75 Å². The van der Waals surface area contributed by atoms with E-state index in [1.54, 1.807) is 14.0 Å². The maximum Gasteiger partial charge on any atom is 0.219 e. The van der Waals surface area contributed by atoms with Gasteiger partial charge in [-0.05, 0) is 57.1 Å². The Morgan fingerprint density at radius 3 is 2.43 bits per heavy atom. The molecular weight excluding hydrogens is 264 g/mol. The molecule has 1 amide bonds. The van der Waals surface area contributed by atoms with Crippen LogP contribution in [-0.2, 0) is 11.2 Å². The maximum atomic E-state index is 11.9. The van der Waals surface area contributed by atoms with Crippen molar-refractivity contribution >= 4 is 5.91 Å². The van der Waals surface area contributed by atoms with Crippen molar-refractivity contribution in [2.45, 2.75) is 32.2 Å². The van der Waals surface area contributed by atoms with Crippen molar-refractivity contribution in [2.24, 2.45) is 0 Å². The quantitative estimate of drug-likeness (QED) is 0.833. The zero-order valence-corrected chi connectivity index (χ0v) is 13.3. The second-order valence-corrected chi connectivity index (χ2v) is 5.84. The van der Waals surface area contributed by atoms with Crippen molar-refractivity contribution in [2.75, 3.05) is 33.8 Å². The first-order chi connectivity index (χ1) is 10.1. The maximum absolute atomic E-state index is 11.9. The molecule has 116 valence electrons. The fourth-order valence-corrected chi connectivity index (χ4v) is 2.95. The largest absolute Gasteiger partial charge is 0.497 e. The van der Waals surface area contributed by atoms with Gasteiger partial charge in [0.2, 0.25) is 5.91 Å². The molecule has 0 bridgehead atoms. The monoisotopic (exact) mass is 290 g/mol. The fourth-order valence-electron chi connectivity index (χ4n) is 2.95. The summed E-state index contributed by atoms with van der Waals surface area (Å²) in [6.45, 7) is 4.65. The Morgan fingerprint density at radius 1 is 1.29 bits per heavy atom. The van der Waals surface area contributed by atoms with Crippen LogP contribution in [0.15, 0.2) is 24.3 Å². The van der Waals surface area contributed by atoms with Crippen LogP contribution < -0.4 is 4.74 Å². The van der Waals surface area contributed by atoms with E-state index in [2.05, 4.69) is 29.0 Å². The molecule has 0 aliphatic carbocycles. The molecule has 0 N–H and O–H groups in total. The van der Waals surface area contributed by atoms with E-state index in [0.29, 0.717) is 6.04 Å². The second kappa shape index (κ2) is 7.46. The molecule has 1 heterocycles. The number of nitrogens with zero attached hydrogens (tertiary/aromatic N) is 2. The van der Waals surface area contributed by atoms with E-state index in [1.807, 2.05) is 12.1 Å². The summed E-state index contributed by atoms with van der Waals surface area (Å²) in [7, 11) is 3.82. The number of rotatable bonds is 5. The van der Waals surface area contributed by atoms with Gasteiger partial charge in [-0.3, -0.25) is 4.79 Å². The summed E-state index contributed by atoms with van der Waals surface area (Å²) in [6.07, 6.45) is 3.06. The van der Waals surface area contributed by atoms with Crippen molar-refractivity contribution in [3.63, 3.8) is 0 Å². The van der Waals surface area contributed by atoms with Gasteiger partial charge in [0.15, 0.2) is 0 Å². The SMILES string of the molecule is COc1ccc(CCN(C(C)=O)C2CCN(C)CC2)cc1. The highest BCUT2D eigenvalue weighted by Crippen LogP contribution is 2.17. The van der Waals surface area contributed by atoms with Crippen molar-refractivity contribution < 1.29 is 9.53 Å². The normalized spacial score (nSPS) is 16.7. The second-order valence-electron chi connectivity index (χ2n) is 5.84. The Hall–Kier alpha value is -1.55. The van der Waals surface area contributed by atoms with Gasteiger partial charge >= 0.3 is 0 Å². The van der Waals surface area contributed by atoms with Crippen LogP contribution in [0.2, 0.25) is 0 Å². The summed E-state index contributed by atoms with van der Waals surface area (Å²) in [5.41, 5.74) is 1.25. The first-order valence-corrected chi connectivity index (χ1v) is 7.69. The summed E-state index contributed by atoms with van der Waals surface area (Å²) in [4.78, 5) is 16.3. The topological polar surface area (TPSA) is 32.8 Å². The van der Waals surface area contributed by atoms with Crippen molar-refractivity contribution in [3.05, 3.63) is 29.8 Å². The molecule has 0 atom stereocenters. The number of piperidine rings is 1. The highest BCUT2D eigenvalue weighted by Gasteiger charge is 2.24. The minimum absolute atomic E-state index is 0.193. The van der Waals surface area contributed by atoms with Gasteiger partial charge in [-0.15, -0.1) is 0 Å². The minimum Gasteiger partial charge on any atom is -0.497 e. The van der Waals surface area contributed by atoms with Crippen LogP contribution in [0.5, 0.6) is 5.75 Å². The van der Waals surface area contributed by atoms with Crippen LogP contribution in [0.1, 0.15) is 25.3 Å². The van der Waals surface area contributed by atoms with Crippen LogP contribution in [0, 0.1) is 0 Å². The number of carbonyl (C=O) groups is 1. The Bertz CT molecular complexity index is 450. The van der Waals surface area contributed by atoms with Gasteiger partial charge in [-0.1, -0.05) is 12.1 Å². The molecule has 1 fully saturated rings. The minimum atomic E-state index is 0.193. The number of benzene rings is 1. The van der Waals surface area contributed by atoms with E-state index in [4.69, 9.17) is 4.74 Å². The Labute approximate surface area is 127 Å². The highest BCUT2D eigenvalue weighted by atomic mass is 16.5. The first kappa shape index (κ1) is 15.8. The van der Waals surface area contributed by atoms with Crippen molar-refractivity contribution in [1.29, 1.82) is 0 Å². The number of amides is 1. The van der Waals surface area contributed by atoms with Gasteiger partial charge in [-0.25, -0.2) is 0 Å². The predicted octanol–water partition coefficient (Wildman–Crippen LogP) is 2.18. The molecule has 4 nitrogen and oxygen atoms in total. The van der Waals surface area contributed by atoms with E-state index in [-0.39, 0.29) is 5.91 Å². The van der Waals surface area contributed by atoms with Crippen LogP contribution in [0.4, 0.5) is 0 Å². The van der Waals surface area contributed by atoms with Gasteiger partial charge in [0.25, 0.3) is 0 Å². The number of hydrogen-bond acceptors (Lipinski definition) is 3. The van der Waals surface area contributed by atoms with Gasteiger partial charge in [0.1, 0.15) is 5.75 Å². The van der Waals surface area contributed by atoms with Crippen LogP contribution in [0.25, 0.3) is 0 Å². The number of likely N-dealkylation sites (tertiary alicyclic amines) is 1. The lowest BCUT2D eigenvalue weighted by Crippen LogP contribution is -2.46. The third-order valence-corrected chi connectivity index (χ3v) is 4.33. The molecule has 0 radical (unpaired) electrons. The van der Waals surface area contributed by atoms with E-state index >= 15 is 0 Å². The molecule has 1 aliphatic heterocycles.